The number of rotatable bonds is 5. The van der Waals surface area contributed by atoms with Gasteiger partial charge in [0.25, 0.3) is 0 Å². The van der Waals surface area contributed by atoms with E-state index in [1.165, 1.54) is 18.0 Å². The minimum atomic E-state index is -1.46. The quantitative estimate of drug-likeness (QED) is 0.426. The maximum absolute atomic E-state index is 11.5. The molecule has 0 saturated carbocycles. The standard InChI is InChI=1S/C15H20N2O9/c1-7(18)23-6-10-12(24-8(2)19)13(25-9(3)20)14(26-10)17-5-4-11(21)16-15(17)22/h4-5,10,12-15,22H,6H2,1-3H3,(H,16,21)/t10-,12?,13?,14-,15?/m1/s1. The first-order valence-electron chi connectivity index (χ1n) is 7.76. The summed E-state index contributed by atoms with van der Waals surface area (Å²) in [7, 11) is 0. The second-order valence-corrected chi connectivity index (χ2v) is 5.66. The predicted molar refractivity (Wildman–Crippen MR) is 81.5 cm³/mol. The lowest BCUT2D eigenvalue weighted by molar-refractivity contribution is -0.176. The Hall–Kier alpha value is -2.66. The van der Waals surface area contributed by atoms with Gasteiger partial charge in [-0.1, -0.05) is 0 Å². The Kier molecular flexibility index (Phi) is 6.16. The second kappa shape index (κ2) is 8.15. The van der Waals surface area contributed by atoms with Crippen LogP contribution in [0.5, 0.6) is 0 Å². The molecule has 0 aromatic heterocycles. The molecule has 1 saturated heterocycles. The lowest BCUT2D eigenvalue weighted by Gasteiger charge is -2.36. The number of esters is 3. The third-order valence-corrected chi connectivity index (χ3v) is 3.59. The third kappa shape index (κ3) is 4.70. The van der Waals surface area contributed by atoms with Crippen molar-refractivity contribution in [3.05, 3.63) is 12.3 Å². The smallest absolute Gasteiger partial charge is 0.303 e. The van der Waals surface area contributed by atoms with E-state index < -0.39 is 54.7 Å². The van der Waals surface area contributed by atoms with Crippen LogP contribution in [0.2, 0.25) is 0 Å². The number of carbonyl (C=O) groups excluding carboxylic acids is 4. The Labute approximate surface area is 148 Å². The minimum Gasteiger partial charge on any atom is -0.463 e. The summed E-state index contributed by atoms with van der Waals surface area (Å²) in [5.74, 6) is -2.43. The molecule has 0 aliphatic carbocycles. The Morgan fingerprint density at radius 2 is 1.77 bits per heavy atom. The van der Waals surface area contributed by atoms with Gasteiger partial charge in [-0.05, 0) is 0 Å². The van der Waals surface area contributed by atoms with E-state index in [-0.39, 0.29) is 6.61 Å². The summed E-state index contributed by atoms with van der Waals surface area (Å²) < 4.78 is 21.0. The number of nitrogens with zero attached hydrogens (tertiary/aromatic N) is 1. The molecule has 2 N–H and O–H groups in total. The summed E-state index contributed by atoms with van der Waals surface area (Å²) in [4.78, 5) is 46.5. The van der Waals surface area contributed by atoms with E-state index >= 15 is 0 Å². The Balaban J connectivity index is 2.30. The average molecular weight is 372 g/mol. The number of carbonyl (C=O) groups is 4. The fraction of sp³-hybridized carbons (Fsp3) is 0.600. The third-order valence-electron chi connectivity index (χ3n) is 3.59. The van der Waals surface area contributed by atoms with Crippen molar-refractivity contribution in [1.29, 1.82) is 0 Å². The molecule has 26 heavy (non-hydrogen) atoms. The van der Waals surface area contributed by atoms with Crippen LogP contribution in [0.15, 0.2) is 12.3 Å². The summed E-state index contributed by atoms with van der Waals surface area (Å²) >= 11 is 0. The van der Waals surface area contributed by atoms with Gasteiger partial charge in [0.15, 0.2) is 18.4 Å². The van der Waals surface area contributed by atoms with E-state index in [1.54, 1.807) is 0 Å². The van der Waals surface area contributed by atoms with Gasteiger partial charge in [-0.3, -0.25) is 19.2 Å². The van der Waals surface area contributed by atoms with Crippen molar-refractivity contribution in [3.8, 4) is 0 Å². The highest BCUT2D eigenvalue weighted by molar-refractivity contribution is 5.88. The molecular weight excluding hydrogens is 352 g/mol. The highest BCUT2D eigenvalue weighted by atomic mass is 16.7. The first kappa shape index (κ1) is 19.7. The number of aliphatic hydroxyl groups is 1. The molecule has 3 unspecified atom stereocenters. The van der Waals surface area contributed by atoms with Crippen LogP contribution in [-0.4, -0.2) is 71.3 Å². The molecule has 5 atom stereocenters. The molecule has 1 fully saturated rings. The molecule has 0 aromatic carbocycles. The molecule has 0 spiro atoms. The van der Waals surface area contributed by atoms with Gasteiger partial charge in [-0.15, -0.1) is 0 Å². The Morgan fingerprint density at radius 1 is 1.15 bits per heavy atom. The molecule has 2 aliphatic rings. The van der Waals surface area contributed by atoms with E-state index in [9.17, 15) is 24.3 Å². The molecule has 2 aliphatic heterocycles. The van der Waals surface area contributed by atoms with Gasteiger partial charge >= 0.3 is 17.9 Å². The normalized spacial score (nSPS) is 30.5. The zero-order chi connectivity index (χ0) is 19.4. The van der Waals surface area contributed by atoms with E-state index in [0.29, 0.717) is 0 Å². The van der Waals surface area contributed by atoms with Gasteiger partial charge < -0.3 is 34.3 Å². The molecule has 1 amide bonds. The lowest BCUT2D eigenvalue weighted by atomic mass is 10.1. The maximum atomic E-state index is 11.5. The first-order valence-corrected chi connectivity index (χ1v) is 7.76. The van der Waals surface area contributed by atoms with Crippen LogP contribution in [0.3, 0.4) is 0 Å². The summed E-state index contributed by atoms with van der Waals surface area (Å²) in [5.41, 5.74) is 0. The first-order chi connectivity index (χ1) is 12.2. The topological polar surface area (TPSA) is 141 Å². The lowest BCUT2D eigenvalue weighted by Crippen LogP contribution is -2.56. The van der Waals surface area contributed by atoms with E-state index in [1.807, 2.05) is 0 Å². The Morgan fingerprint density at radius 3 is 2.31 bits per heavy atom. The molecule has 2 rings (SSSR count). The highest BCUT2D eigenvalue weighted by Gasteiger charge is 2.52. The van der Waals surface area contributed by atoms with Crippen LogP contribution >= 0.6 is 0 Å². The van der Waals surface area contributed by atoms with Crippen molar-refractivity contribution in [1.82, 2.24) is 10.2 Å². The van der Waals surface area contributed by atoms with Crippen molar-refractivity contribution in [2.24, 2.45) is 0 Å². The monoisotopic (exact) mass is 372 g/mol. The molecule has 11 nitrogen and oxygen atoms in total. The van der Waals surface area contributed by atoms with Gasteiger partial charge in [0, 0.05) is 33.0 Å². The molecule has 0 bridgehead atoms. The average Bonchev–Trinajstić information content (AvgIpc) is 2.82. The number of amides is 1. The molecule has 0 radical (unpaired) electrons. The van der Waals surface area contributed by atoms with Crippen LogP contribution in [-0.2, 0) is 38.1 Å². The van der Waals surface area contributed by atoms with Gasteiger partial charge in [0.1, 0.15) is 12.7 Å². The van der Waals surface area contributed by atoms with Crippen molar-refractivity contribution in [2.75, 3.05) is 6.61 Å². The summed E-state index contributed by atoms with van der Waals surface area (Å²) in [6, 6.07) is 0. The van der Waals surface area contributed by atoms with Crippen LogP contribution < -0.4 is 5.32 Å². The largest absolute Gasteiger partial charge is 0.463 e. The van der Waals surface area contributed by atoms with Gasteiger partial charge in [0.05, 0.1) is 0 Å². The maximum Gasteiger partial charge on any atom is 0.303 e. The van der Waals surface area contributed by atoms with Crippen molar-refractivity contribution in [3.63, 3.8) is 0 Å². The number of nitrogens with one attached hydrogen (secondary N) is 1. The summed E-state index contributed by atoms with van der Waals surface area (Å²) in [6.07, 6.45) is -3.33. The van der Waals surface area contributed by atoms with Crippen molar-refractivity contribution < 1.29 is 43.2 Å². The molecule has 2 heterocycles. The Bertz CT molecular complexity index is 620. The number of hydrogen-bond donors (Lipinski definition) is 2. The summed E-state index contributed by atoms with van der Waals surface area (Å²) in [5, 5.41) is 12.3. The minimum absolute atomic E-state index is 0.262. The zero-order valence-electron chi connectivity index (χ0n) is 14.4. The summed E-state index contributed by atoms with van der Waals surface area (Å²) in [6.45, 7) is 3.26. The SMILES string of the molecule is CC(=O)OC[C@H]1O[C@@H](N2C=CC(=O)NC2O)C(OC(C)=O)C1OC(C)=O. The van der Waals surface area contributed by atoms with Crippen LogP contribution in [0.25, 0.3) is 0 Å². The van der Waals surface area contributed by atoms with E-state index in [0.717, 1.165) is 19.9 Å². The van der Waals surface area contributed by atoms with E-state index in [2.05, 4.69) is 5.32 Å². The van der Waals surface area contributed by atoms with Crippen LogP contribution in [0.1, 0.15) is 20.8 Å². The second-order valence-electron chi connectivity index (χ2n) is 5.66. The molecule has 0 aromatic rings. The molecular formula is C15H20N2O9. The number of hydrogen-bond acceptors (Lipinski definition) is 10. The number of ether oxygens (including phenoxy) is 4. The predicted octanol–water partition coefficient (Wildman–Crippen LogP) is -1.64. The van der Waals surface area contributed by atoms with Crippen LogP contribution in [0, 0.1) is 0 Å². The van der Waals surface area contributed by atoms with Crippen molar-refractivity contribution >= 4 is 23.8 Å². The molecule has 144 valence electrons. The number of aliphatic hydroxyl groups excluding tert-OH is 1. The molecule has 11 heteroatoms. The van der Waals surface area contributed by atoms with Gasteiger partial charge in [-0.25, -0.2) is 0 Å². The fourth-order valence-electron chi connectivity index (χ4n) is 2.64. The van der Waals surface area contributed by atoms with E-state index in [4.69, 9.17) is 18.9 Å². The van der Waals surface area contributed by atoms with Crippen LogP contribution in [0.4, 0.5) is 0 Å². The fourth-order valence-corrected chi connectivity index (χ4v) is 2.64. The van der Waals surface area contributed by atoms with Gasteiger partial charge in [-0.2, -0.15) is 0 Å². The zero-order valence-corrected chi connectivity index (χ0v) is 14.4. The van der Waals surface area contributed by atoms with Crippen molar-refractivity contribution in [2.45, 2.75) is 51.7 Å². The van der Waals surface area contributed by atoms with Gasteiger partial charge in [0.2, 0.25) is 12.3 Å². The highest BCUT2D eigenvalue weighted by Crippen LogP contribution is 2.31.